The topological polar surface area (TPSA) is 8.17 Å². The first-order chi connectivity index (χ1) is 30.2. The van der Waals surface area contributed by atoms with Crippen molar-refractivity contribution in [2.24, 2.45) is 0 Å². The highest BCUT2D eigenvalue weighted by atomic mass is 15.1. The summed E-state index contributed by atoms with van der Waals surface area (Å²) in [5.74, 6) is 0. The van der Waals surface area contributed by atoms with Crippen molar-refractivity contribution < 1.29 is 0 Å². The average Bonchev–Trinajstić information content (AvgIpc) is 3.66. The second kappa shape index (κ2) is 14.8. The van der Waals surface area contributed by atoms with E-state index in [1.165, 1.54) is 95.6 Å². The van der Waals surface area contributed by atoms with Crippen molar-refractivity contribution in [3.8, 4) is 39.1 Å². The van der Waals surface area contributed by atoms with Crippen molar-refractivity contribution in [3.05, 3.63) is 217 Å². The minimum Gasteiger partial charge on any atom is -0.310 e. The second-order valence-corrected chi connectivity index (χ2v) is 18.4. The minimum absolute atomic E-state index is 0.122. The third-order valence-electron chi connectivity index (χ3n) is 13.6. The predicted molar refractivity (Wildman–Crippen MR) is 265 cm³/mol. The van der Waals surface area contributed by atoms with Crippen molar-refractivity contribution in [1.82, 2.24) is 4.57 Å². The number of hydrogen-bond donors (Lipinski definition) is 0. The fourth-order valence-electron chi connectivity index (χ4n) is 10.3. The molecule has 0 N–H and O–H groups in total. The highest BCUT2D eigenvalue weighted by molar-refractivity contribution is 6.19. The Balaban J connectivity index is 1.02. The van der Waals surface area contributed by atoms with Crippen LogP contribution in [0.25, 0.3) is 71.6 Å². The van der Waals surface area contributed by atoms with E-state index in [0.717, 1.165) is 17.1 Å². The van der Waals surface area contributed by atoms with Crippen LogP contribution >= 0.6 is 0 Å². The molecule has 9 aromatic carbocycles. The molecule has 1 aliphatic rings. The molecule has 0 spiro atoms. The van der Waals surface area contributed by atoms with Gasteiger partial charge in [-0.2, -0.15) is 0 Å². The van der Waals surface area contributed by atoms with Crippen LogP contribution in [0, 0.1) is 0 Å². The van der Waals surface area contributed by atoms with E-state index in [1.54, 1.807) is 0 Å². The fraction of sp³-hybridized carbons (Fsp3) is 0.133. The van der Waals surface area contributed by atoms with Crippen LogP contribution in [-0.2, 0) is 10.8 Å². The Morgan fingerprint density at radius 1 is 0.403 bits per heavy atom. The van der Waals surface area contributed by atoms with Gasteiger partial charge in [-0.3, -0.25) is 0 Å². The molecule has 2 heteroatoms. The van der Waals surface area contributed by atoms with Gasteiger partial charge in [0.25, 0.3) is 0 Å². The summed E-state index contributed by atoms with van der Waals surface area (Å²) < 4.78 is 2.49. The number of fused-ring (bicyclic) bond motifs is 6. The molecule has 0 bridgehead atoms. The summed E-state index contributed by atoms with van der Waals surface area (Å²) in [5, 5.41) is 5.00. The van der Waals surface area contributed by atoms with E-state index < -0.39 is 0 Å². The fourth-order valence-corrected chi connectivity index (χ4v) is 10.3. The minimum atomic E-state index is 0.122. The number of aromatic nitrogens is 1. The van der Waals surface area contributed by atoms with Gasteiger partial charge in [0, 0.05) is 38.9 Å². The molecule has 0 fully saturated rings. The second-order valence-electron chi connectivity index (χ2n) is 18.4. The van der Waals surface area contributed by atoms with Crippen LogP contribution in [0.3, 0.4) is 0 Å². The summed E-state index contributed by atoms with van der Waals surface area (Å²) in [6.45, 7) is 9.68. The van der Waals surface area contributed by atoms with Gasteiger partial charge in [-0.05, 0) is 134 Å². The molecular formula is C60H50N2. The zero-order chi connectivity index (χ0) is 42.0. The molecule has 1 heterocycles. The maximum atomic E-state index is 2.49. The number of hydrogen-bond acceptors (Lipinski definition) is 1. The molecule has 2 nitrogen and oxygen atoms in total. The highest BCUT2D eigenvalue weighted by Crippen LogP contribution is 2.50. The normalized spacial score (nSPS) is 14.3. The molecule has 1 aliphatic carbocycles. The van der Waals surface area contributed by atoms with Crippen LogP contribution < -0.4 is 4.90 Å². The van der Waals surface area contributed by atoms with E-state index in [1.807, 2.05) is 0 Å². The van der Waals surface area contributed by atoms with E-state index in [4.69, 9.17) is 0 Å². The lowest BCUT2D eigenvalue weighted by atomic mass is 9.61. The first-order valence-corrected chi connectivity index (χ1v) is 22.1. The molecule has 11 rings (SSSR count). The Morgan fingerprint density at radius 3 is 1.79 bits per heavy atom. The Labute approximate surface area is 365 Å². The van der Waals surface area contributed by atoms with Crippen molar-refractivity contribution in [3.63, 3.8) is 0 Å². The van der Waals surface area contributed by atoms with Crippen LogP contribution in [0.2, 0.25) is 0 Å². The van der Waals surface area contributed by atoms with Gasteiger partial charge in [0.2, 0.25) is 0 Å². The van der Waals surface area contributed by atoms with Crippen molar-refractivity contribution in [2.45, 2.75) is 51.4 Å². The molecule has 0 radical (unpaired) electrons. The monoisotopic (exact) mass is 798 g/mol. The van der Waals surface area contributed by atoms with Crippen LogP contribution in [0.15, 0.2) is 206 Å². The summed E-state index contributed by atoms with van der Waals surface area (Å²) >= 11 is 0. The molecular weight excluding hydrogens is 749 g/mol. The first-order valence-electron chi connectivity index (χ1n) is 22.1. The Kier molecular flexibility index (Phi) is 9.02. The lowest BCUT2D eigenvalue weighted by molar-refractivity contribution is 0.333. The molecule has 10 aromatic rings. The van der Waals surface area contributed by atoms with Gasteiger partial charge in [-0.25, -0.2) is 0 Å². The standard InChI is InChI=1S/C60H50N2/c1-59(2)37-38-60(3,4)57-51(23-14-24-55(57)59)44-27-33-49(34-28-44)62-56-36-30-46(40-54(56)53-35-29-43-17-11-12-22-52(43)58(53)62)45-18-13-21-50(39-45)61(47-19-9-6-10-20-47)48-31-25-42(26-32-48)41-15-7-5-8-16-41/h5-36,39-40H,37-38H2,1-4H3. The molecule has 0 unspecified atom stereocenters. The van der Waals surface area contributed by atoms with E-state index in [9.17, 15) is 0 Å². The summed E-state index contributed by atoms with van der Waals surface area (Å²) in [5.41, 5.74) is 17.7. The number of benzene rings is 9. The van der Waals surface area contributed by atoms with Crippen molar-refractivity contribution in [2.75, 3.05) is 4.90 Å². The SMILES string of the molecule is CC1(C)CCC(C)(C)c2c(-c3ccc(-n4c5ccc(-c6cccc(N(c7ccccc7)c7ccc(-c8ccccc8)cc7)c6)cc5c5ccc6ccccc6c54)cc3)cccc21. The van der Waals surface area contributed by atoms with Crippen LogP contribution in [-0.4, -0.2) is 4.57 Å². The number of rotatable bonds is 7. The molecule has 0 atom stereocenters. The first kappa shape index (κ1) is 37.8. The largest absolute Gasteiger partial charge is 0.310 e. The third-order valence-corrected chi connectivity index (χ3v) is 13.6. The zero-order valence-electron chi connectivity index (χ0n) is 35.9. The summed E-state index contributed by atoms with van der Waals surface area (Å²) in [4.78, 5) is 2.35. The average molecular weight is 799 g/mol. The third kappa shape index (κ3) is 6.41. The van der Waals surface area contributed by atoms with Gasteiger partial charge in [-0.1, -0.05) is 173 Å². The summed E-state index contributed by atoms with van der Waals surface area (Å²) in [6, 6.07) is 75.9. The molecule has 0 saturated carbocycles. The van der Waals surface area contributed by atoms with E-state index >= 15 is 0 Å². The molecule has 62 heavy (non-hydrogen) atoms. The van der Waals surface area contributed by atoms with Gasteiger partial charge >= 0.3 is 0 Å². The quantitative estimate of drug-likeness (QED) is 0.156. The van der Waals surface area contributed by atoms with E-state index in [2.05, 4.69) is 243 Å². The molecule has 1 aromatic heterocycles. The van der Waals surface area contributed by atoms with Gasteiger partial charge in [0.15, 0.2) is 0 Å². The van der Waals surface area contributed by atoms with Crippen LogP contribution in [0.4, 0.5) is 17.1 Å². The maximum Gasteiger partial charge on any atom is 0.0619 e. The van der Waals surface area contributed by atoms with Crippen LogP contribution in [0.5, 0.6) is 0 Å². The van der Waals surface area contributed by atoms with E-state index in [-0.39, 0.29) is 10.8 Å². The predicted octanol–water partition coefficient (Wildman–Crippen LogP) is 16.8. The lowest BCUT2D eigenvalue weighted by Gasteiger charge is -2.43. The van der Waals surface area contributed by atoms with Crippen molar-refractivity contribution >= 4 is 49.6 Å². The zero-order valence-corrected chi connectivity index (χ0v) is 35.9. The molecule has 0 aliphatic heterocycles. The Morgan fingerprint density at radius 2 is 1.00 bits per heavy atom. The Hall–Kier alpha value is -7.16. The van der Waals surface area contributed by atoms with Gasteiger partial charge in [-0.15, -0.1) is 0 Å². The summed E-state index contributed by atoms with van der Waals surface area (Å²) in [7, 11) is 0. The maximum absolute atomic E-state index is 2.49. The van der Waals surface area contributed by atoms with Crippen LogP contribution in [0.1, 0.15) is 51.7 Å². The molecule has 300 valence electrons. The van der Waals surface area contributed by atoms with Gasteiger partial charge < -0.3 is 9.47 Å². The number of anilines is 3. The molecule has 0 saturated heterocycles. The summed E-state index contributed by atoms with van der Waals surface area (Å²) in [6.07, 6.45) is 2.40. The lowest BCUT2D eigenvalue weighted by Crippen LogP contribution is -2.34. The van der Waals surface area contributed by atoms with Gasteiger partial charge in [0.05, 0.1) is 11.0 Å². The highest BCUT2D eigenvalue weighted by Gasteiger charge is 2.38. The number of nitrogens with zero attached hydrogens (tertiary/aromatic N) is 2. The number of para-hydroxylation sites is 1. The molecule has 0 amide bonds. The van der Waals surface area contributed by atoms with Gasteiger partial charge in [0.1, 0.15) is 0 Å². The Bertz CT molecular complexity index is 3260. The van der Waals surface area contributed by atoms with E-state index in [0.29, 0.717) is 0 Å². The van der Waals surface area contributed by atoms with Crippen molar-refractivity contribution in [1.29, 1.82) is 0 Å². The smallest absolute Gasteiger partial charge is 0.0619 e.